The zero-order valence-corrected chi connectivity index (χ0v) is 11.6. The van der Waals surface area contributed by atoms with Gasteiger partial charge < -0.3 is 4.74 Å². The lowest BCUT2D eigenvalue weighted by atomic mass is 9.94. The first-order chi connectivity index (χ1) is 9.31. The molecule has 0 fully saturated rings. The van der Waals surface area contributed by atoms with Crippen LogP contribution in [0.1, 0.15) is 31.4 Å². The van der Waals surface area contributed by atoms with Crippen LogP contribution < -0.4 is 11.3 Å². The smallest absolute Gasteiger partial charge is 0.0779 e. The van der Waals surface area contributed by atoms with E-state index in [0.29, 0.717) is 0 Å². The van der Waals surface area contributed by atoms with E-state index >= 15 is 0 Å². The van der Waals surface area contributed by atoms with Gasteiger partial charge in [0.25, 0.3) is 0 Å². The monoisotopic (exact) mass is 258 g/mol. The summed E-state index contributed by atoms with van der Waals surface area (Å²) in [6, 6.07) is 14.7. The first kappa shape index (κ1) is 14.0. The number of hydrogen-bond donors (Lipinski definition) is 2. The van der Waals surface area contributed by atoms with E-state index in [1.807, 2.05) is 0 Å². The maximum Gasteiger partial charge on any atom is 0.0779 e. The summed E-state index contributed by atoms with van der Waals surface area (Å²) >= 11 is 0. The van der Waals surface area contributed by atoms with Crippen molar-refractivity contribution in [2.24, 2.45) is 5.84 Å². The first-order valence-electron chi connectivity index (χ1n) is 6.78. The highest BCUT2D eigenvalue weighted by Gasteiger charge is 2.22. The standard InChI is InChI=1S/C16H22N2O/c1-3-7-15(19-2)16(18-17)14-11-6-9-12-8-4-5-10-13(12)14/h4-6,8-11,15-16,18H,3,7,17H2,1-2H3. The number of nitrogens with one attached hydrogen (secondary N) is 1. The van der Waals surface area contributed by atoms with Crippen LogP contribution in [0.3, 0.4) is 0 Å². The van der Waals surface area contributed by atoms with E-state index in [9.17, 15) is 0 Å². The second-order valence-corrected chi connectivity index (χ2v) is 4.78. The molecule has 0 heterocycles. The molecular formula is C16H22N2O. The predicted octanol–water partition coefficient (Wildman–Crippen LogP) is 3.16. The Balaban J connectivity index is 2.45. The predicted molar refractivity (Wildman–Crippen MR) is 79.7 cm³/mol. The molecule has 3 heteroatoms. The molecule has 3 nitrogen and oxygen atoms in total. The van der Waals surface area contributed by atoms with E-state index in [-0.39, 0.29) is 12.1 Å². The second kappa shape index (κ2) is 6.66. The number of hydrogen-bond acceptors (Lipinski definition) is 3. The van der Waals surface area contributed by atoms with Gasteiger partial charge in [-0.25, -0.2) is 0 Å². The maximum absolute atomic E-state index is 5.77. The molecule has 0 saturated heterocycles. The summed E-state index contributed by atoms with van der Waals surface area (Å²) in [6.45, 7) is 2.16. The number of hydrazine groups is 1. The van der Waals surface area contributed by atoms with Crippen LogP contribution in [0, 0.1) is 0 Å². The van der Waals surface area contributed by atoms with Crippen LogP contribution in [0.5, 0.6) is 0 Å². The highest BCUT2D eigenvalue weighted by atomic mass is 16.5. The summed E-state index contributed by atoms with van der Waals surface area (Å²) in [4.78, 5) is 0. The Kier molecular flexibility index (Phi) is 4.91. The number of rotatable bonds is 6. The Bertz CT molecular complexity index is 522. The quantitative estimate of drug-likeness (QED) is 0.618. The van der Waals surface area contributed by atoms with E-state index in [2.05, 4.69) is 54.8 Å². The Morgan fingerprint density at radius 1 is 1.16 bits per heavy atom. The molecule has 0 amide bonds. The highest BCUT2D eigenvalue weighted by molar-refractivity contribution is 5.86. The number of benzene rings is 2. The van der Waals surface area contributed by atoms with Crippen LogP contribution in [0.4, 0.5) is 0 Å². The molecule has 2 aromatic rings. The van der Waals surface area contributed by atoms with Crippen molar-refractivity contribution >= 4 is 10.8 Å². The van der Waals surface area contributed by atoms with Gasteiger partial charge in [0, 0.05) is 7.11 Å². The van der Waals surface area contributed by atoms with Crippen LogP contribution in [-0.2, 0) is 4.74 Å². The minimum atomic E-state index is 0.0102. The summed E-state index contributed by atoms with van der Waals surface area (Å²) < 4.78 is 5.60. The summed E-state index contributed by atoms with van der Waals surface area (Å²) in [5, 5.41) is 2.46. The Labute approximate surface area is 114 Å². The summed E-state index contributed by atoms with van der Waals surface area (Å²) in [7, 11) is 1.75. The average molecular weight is 258 g/mol. The lowest BCUT2D eigenvalue weighted by molar-refractivity contribution is 0.0610. The minimum Gasteiger partial charge on any atom is -0.379 e. The van der Waals surface area contributed by atoms with Crippen molar-refractivity contribution in [2.45, 2.75) is 31.9 Å². The van der Waals surface area contributed by atoms with E-state index in [1.165, 1.54) is 16.3 Å². The third-order valence-corrected chi connectivity index (χ3v) is 3.59. The molecule has 0 aliphatic rings. The fraction of sp³-hybridized carbons (Fsp3) is 0.375. The van der Waals surface area contributed by atoms with Crippen LogP contribution in [0.2, 0.25) is 0 Å². The van der Waals surface area contributed by atoms with Crippen molar-refractivity contribution in [3.8, 4) is 0 Å². The molecule has 0 aromatic heterocycles. The third-order valence-electron chi connectivity index (χ3n) is 3.59. The van der Waals surface area contributed by atoms with Gasteiger partial charge in [-0.2, -0.15) is 0 Å². The van der Waals surface area contributed by atoms with Gasteiger partial charge in [0.05, 0.1) is 12.1 Å². The SMILES string of the molecule is CCCC(OC)C(NN)c1cccc2ccccc12. The second-order valence-electron chi connectivity index (χ2n) is 4.78. The van der Waals surface area contributed by atoms with Crippen LogP contribution >= 0.6 is 0 Å². The molecule has 2 unspecified atom stereocenters. The van der Waals surface area contributed by atoms with Crippen LogP contribution in [-0.4, -0.2) is 13.2 Å². The lowest BCUT2D eigenvalue weighted by Crippen LogP contribution is -2.37. The topological polar surface area (TPSA) is 47.3 Å². The van der Waals surface area contributed by atoms with Crippen molar-refractivity contribution in [2.75, 3.05) is 7.11 Å². The summed E-state index contributed by atoms with van der Waals surface area (Å²) in [6.07, 6.45) is 2.14. The lowest BCUT2D eigenvalue weighted by Gasteiger charge is -2.26. The van der Waals surface area contributed by atoms with E-state index in [4.69, 9.17) is 10.6 Å². The number of fused-ring (bicyclic) bond motifs is 1. The van der Waals surface area contributed by atoms with Gasteiger partial charge in [-0.3, -0.25) is 11.3 Å². The normalized spacial score (nSPS) is 14.5. The van der Waals surface area contributed by atoms with Gasteiger partial charge in [-0.15, -0.1) is 0 Å². The fourth-order valence-corrected chi connectivity index (χ4v) is 2.62. The molecule has 3 N–H and O–H groups in total. The highest BCUT2D eigenvalue weighted by Crippen LogP contribution is 2.28. The molecule has 102 valence electrons. The van der Waals surface area contributed by atoms with Crippen molar-refractivity contribution in [1.29, 1.82) is 0 Å². The molecule has 0 aliphatic carbocycles. The van der Waals surface area contributed by atoms with E-state index in [1.54, 1.807) is 7.11 Å². The van der Waals surface area contributed by atoms with Gasteiger partial charge >= 0.3 is 0 Å². The molecular weight excluding hydrogens is 236 g/mol. The largest absolute Gasteiger partial charge is 0.379 e. The summed E-state index contributed by atoms with van der Waals surface area (Å²) in [5.41, 5.74) is 4.12. The molecule has 2 rings (SSSR count). The molecule has 2 atom stereocenters. The minimum absolute atomic E-state index is 0.0102. The number of ether oxygens (including phenoxy) is 1. The van der Waals surface area contributed by atoms with E-state index < -0.39 is 0 Å². The van der Waals surface area contributed by atoms with Gasteiger partial charge in [0.15, 0.2) is 0 Å². The molecule has 19 heavy (non-hydrogen) atoms. The number of methoxy groups -OCH3 is 1. The zero-order valence-electron chi connectivity index (χ0n) is 11.6. The molecule has 0 saturated carbocycles. The van der Waals surface area contributed by atoms with Crippen molar-refractivity contribution < 1.29 is 4.74 Å². The Hall–Kier alpha value is -1.42. The third kappa shape index (κ3) is 2.95. The first-order valence-corrected chi connectivity index (χ1v) is 6.78. The average Bonchev–Trinajstić information content (AvgIpc) is 2.47. The summed E-state index contributed by atoms with van der Waals surface area (Å²) in [5.74, 6) is 5.77. The zero-order chi connectivity index (χ0) is 13.7. The molecule has 0 spiro atoms. The molecule has 2 aromatic carbocycles. The molecule has 0 bridgehead atoms. The Morgan fingerprint density at radius 3 is 2.58 bits per heavy atom. The Morgan fingerprint density at radius 2 is 1.89 bits per heavy atom. The van der Waals surface area contributed by atoms with Gasteiger partial charge in [0.1, 0.15) is 0 Å². The maximum atomic E-state index is 5.77. The number of nitrogens with two attached hydrogens (primary N) is 1. The van der Waals surface area contributed by atoms with Crippen molar-refractivity contribution in [3.63, 3.8) is 0 Å². The molecule has 0 aliphatic heterocycles. The van der Waals surface area contributed by atoms with Gasteiger partial charge in [-0.05, 0) is 22.8 Å². The van der Waals surface area contributed by atoms with Gasteiger partial charge in [0.2, 0.25) is 0 Å². The molecule has 0 radical (unpaired) electrons. The van der Waals surface area contributed by atoms with Crippen LogP contribution in [0.15, 0.2) is 42.5 Å². The fourth-order valence-electron chi connectivity index (χ4n) is 2.62. The van der Waals surface area contributed by atoms with Crippen molar-refractivity contribution in [3.05, 3.63) is 48.0 Å². The van der Waals surface area contributed by atoms with Crippen LogP contribution in [0.25, 0.3) is 10.8 Å². The van der Waals surface area contributed by atoms with E-state index in [0.717, 1.165) is 12.8 Å². The van der Waals surface area contributed by atoms with Gasteiger partial charge in [-0.1, -0.05) is 55.8 Å². The van der Waals surface area contributed by atoms with Crippen molar-refractivity contribution in [1.82, 2.24) is 5.43 Å².